The first-order chi connectivity index (χ1) is 19.2. The molecule has 1 N–H and O–H groups in total. The molecule has 2 atom stereocenters. The van der Waals surface area contributed by atoms with Crippen LogP contribution in [-0.2, 0) is 0 Å². The Morgan fingerprint density at radius 3 is 1.26 bits per heavy atom. The van der Waals surface area contributed by atoms with Gasteiger partial charge in [0.15, 0.2) is 0 Å². The fourth-order valence-corrected chi connectivity index (χ4v) is 6.43. The first-order valence-electron chi connectivity index (χ1n) is 18.3. The van der Waals surface area contributed by atoms with Crippen LogP contribution < -0.4 is 4.57 Å². The lowest BCUT2D eigenvalue weighted by atomic mass is 9.93. The largest absolute Gasteiger partial charge is 0.257 e. The summed E-state index contributed by atoms with van der Waals surface area (Å²) in [5.41, 5.74) is 0. The summed E-state index contributed by atoms with van der Waals surface area (Å²) >= 11 is 0. The molecule has 0 aliphatic heterocycles. The lowest BCUT2D eigenvalue weighted by molar-refractivity contribution is -0.727. The van der Waals surface area contributed by atoms with Crippen molar-refractivity contribution in [3.05, 3.63) is 18.2 Å². The number of aromatic amines is 1. The lowest BCUT2D eigenvalue weighted by Gasteiger charge is -2.17. The highest BCUT2D eigenvalue weighted by atomic mass is 15.1. The standard InChI is InChI=1S/C37H72N2/c1-5-8-11-13-15-16-17-18-19-20-21-22-24-26-29-32-36(31-27-10-7-3)37-38-33-34-39(37)35(4)30-28-25-23-14-12-9-6-2/h33-36H,5-32H2,1-4H3/p+1. The Morgan fingerprint density at radius 1 is 0.487 bits per heavy atom. The van der Waals surface area contributed by atoms with Crippen molar-refractivity contribution in [1.82, 2.24) is 4.98 Å². The molecule has 0 aliphatic rings. The second-order valence-electron chi connectivity index (χ2n) is 12.9. The molecular formula is C37H73N2+. The van der Waals surface area contributed by atoms with Crippen LogP contribution in [0.1, 0.15) is 225 Å². The summed E-state index contributed by atoms with van der Waals surface area (Å²) < 4.78 is 2.61. The van der Waals surface area contributed by atoms with Gasteiger partial charge in [0.05, 0.1) is 12.0 Å². The monoisotopic (exact) mass is 546 g/mol. The van der Waals surface area contributed by atoms with E-state index in [0.29, 0.717) is 12.0 Å². The van der Waals surface area contributed by atoms with Gasteiger partial charge in [-0.3, -0.25) is 0 Å². The molecule has 39 heavy (non-hydrogen) atoms. The molecule has 0 fully saturated rings. The molecule has 0 amide bonds. The first-order valence-corrected chi connectivity index (χ1v) is 18.3. The van der Waals surface area contributed by atoms with Crippen molar-refractivity contribution in [1.29, 1.82) is 0 Å². The quantitative estimate of drug-likeness (QED) is 0.0732. The maximum Gasteiger partial charge on any atom is 0.257 e. The molecule has 1 aromatic heterocycles. The predicted molar refractivity (Wildman–Crippen MR) is 175 cm³/mol. The van der Waals surface area contributed by atoms with Gasteiger partial charge in [-0.25, -0.2) is 9.55 Å². The lowest BCUT2D eigenvalue weighted by Crippen LogP contribution is -2.41. The molecule has 2 heteroatoms. The van der Waals surface area contributed by atoms with Crippen LogP contribution in [0.15, 0.2) is 12.4 Å². The number of hydrogen-bond acceptors (Lipinski definition) is 0. The van der Waals surface area contributed by atoms with Gasteiger partial charge >= 0.3 is 0 Å². The Balaban J connectivity index is 2.25. The van der Waals surface area contributed by atoms with Crippen molar-refractivity contribution in [2.75, 3.05) is 0 Å². The topological polar surface area (TPSA) is 19.7 Å². The maximum atomic E-state index is 3.70. The van der Waals surface area contributed by atoms with E-state index >= 15 is 0 Å². The maximum absolute atomic E-state index is 3.70. The highest BCUT2D eigenvalue weighted by Crippen LogP contribution is 2.27. The molecule has 2 nitrogen and oxygen atoms in total. The van der Waals surface area contributed by atoms with E-state index in [9.17, 15) is 0 Å². The molecule has 230 valence electrons. The highest BCUT2D eigenvalue weighted by molar-refractivity contribution is 4.90. The summed E-state index contributed by atoms with van der Waals surface area (Å²) in [6.07, 6.45) is 44.3. The van der Waals surface area contributed by atoms with Gasteiger partial charge in [-0.1, -0.05) is 175 Å². The van der Waals surface area contributed by atoms with E-state index in [1.165, 1.54) is 186 Å². The minimum Gasteiger partial charge on any atom is -0.247 e. The Hall–Kier alpha value is -0.790. The molecule has 1 aromatic rings. The zero-order valence-electron chi connectivity index (χ0n) is 27.6. The summed E-state index contributed by atoms with van der Waals surface area (Å²) in [7, 11) is 0. The molecule has 0 spiro atoms. The number of H-pyrrole nitrogens is 1. The van der Waals surface area contributed by atoms with Crippen molar-refractivity contribution < 1.29 is 4.57 Å². The Morgan fingerprint density at radius 2 is 0.821 bits per heavy atom. The van der Waals surface area contributed by atoms with Gasteiger partial charge in [-0.15, -0.1) is 0 Å². The van der Waals surface area contributed by atoms with Crippen LogP contribution >= 0.6 is 0 Å². The van der Waals surface area contributed by atoms with E-state index in [1.807, 2.05) is 0 Å². The van der Waals surface area contributed by atoms with Gasteiger partial charge in [0.2, 0.25) is 0 Å². The van der Waals surface area contributed by atoms with Crippen LogP contribution in [0.5, 0.6) is 0 Å². The summed E-state index contributed by atoms with van der Waals surface area (Å²) in [5, 5.41) is 0. The van der Waals surface area contributed by atoms with E-state index in [0.717, 1.165) is 0 Å². The van der Waals surface area contributed by atoms with Crippen molar-refractivity contribution >= 4 is 0 Å². The van der Waals surface area contributed by atoms with Crippen molar-refractivity contribution in [2.45, 2.75) is 219 Å². The Bertz CT molecular complexity index is 606. The van der Waals surface area contributed by atoms with Crippen LogP contribution in [-0.4, -0.2) is 4.98 Å². The van der Waals surface area contributed by atoms with Gasteiger partial charge in [-0.05, 0) is 32.6 Å². The number of imidazole rings is 1. The Kier molecular flexibility index (Phi) is 25.4. The third-order valence-electron chi connectivity index (χ3n) is 9.14. The summed E-state index contributed by atoms with van der Waals surface area (Å²) in [5.74, 6) is 2.23. The molecule has 1 rings (SSSR count). The predicted octanol–water partition coefficient (Wildman–Crippen LogP) is 12.9. The first kappa shape index (κ1) is 36.2. The molecule has 0 bridgehead atoms. The zero-order chi connectivity index (χ0) is 28.2. The average Bonchev–Trinajstić information content (AvgIpc) is 3.43. The molecule has 0 aromatic carbocycles. The zero-order valence-corrected chi connectivity index (χ0v) is 27.6. The van der Waals surface area contributed by atoms with E-state index in [1.54, 1.807) is 0 Å². The molecule has 0 aliphatic carbocycles. The third kappa shape index (κ3) is 19.8. The summed E-state index contributed by atoms with van der Waals surface area (Å²) in [4.78, 5) is 3.70. The van der Waals surface area contributed by atoms with E-state index < -0.39 is 0 Å². The normalized spacial score (nSPS) is 13.2. The smallest absolute Gasteiger partial charge is 0.247 e. The molecular weight excluding hydrogens is 472 g/mol. The molecule has 0 saturated heterocycles. The number of hydrogen-bond donors (Lipinski definition) is 1. The van der Waals surface area contributed by atoms with Crippen LogP contribution in [0.25, 0.3) is 0 Å². The minimum atomic E-state index is 0.622. The number of nitrogens with one attached hydrogen (secondary N) is 1. The third-order valence-corrected chi connectivity index (χ3v) is 9.14. The summed E-state index contributed by atoms with van der Waals surface area (Å²) in [6.45, 7) is 9.40. The number of aromatic nitrogens is 2. The van der Waals surface area contributed by atoms with E-state index in [-0.39, 0.29) is 0 Å². The number of unbranched alkanes of at least 4 members (excludes halogenated alkanes) is 22. The van der Waals surface area contributed by atoms with E-state index in [4.69, 9.17) is 0 Å². The average molecular weight is 546 g/mol. The minimum absolute atomic E-state index is 0.622. The van der Waals surface area contributed by atoms with Crippen molar-refractivity contribution in [3.63, 3.8) is 0 Å². The van der Waals surface area contributed by atoms with Crippen LogP contribution in [0.2, 0.25) is 0 Å². The van der Waals surface area contributed by atoms with Crippen molar-refractivity contribution in [3.8, 4) is 0 Å². The summed E-state index contributed by atoms with van der Waals surface area (Å²) in [6, 6.07) is 0.622. The van der Waals surface area contributed by atoms with Crippen LogP contribution in [0.4, 0.5) is 0 Å². The second-order valence-corrected chi connectivity index (χ2v) is 12.9. The van der Waals surface area contributed by atoms with Gasteiger partial charge in [0, 0.05) is 0 Å². The molecule has 0 saturated carbocycles. The van der Waals surface area contributed by atoms with Gasteiger partial charge in [0.25, 0.3) is 5.82 Å². The molecule has 2 unspecified atom stereocenters. The number of nitrogens with zero attached hydrogens (tertiary/aromatic N) is 1. The van der Waals surface area contributed by atoms with Crippen LogP contribution in [0, 0.1) is 0 Å². The van der Waals surface area contributed by atoms with Crippen molar-refractivity contribution in [2.24, 2.45) is 0 Å². The fourth-order valence-electron chi connectivity index (χ4n) is 6.43. The van der Waals surface area contributed by atoms with Gasteiger partial charge in [0.1, 0.15) is 12.4 Å². The molecule has 1 heterocycles. The van der Waals surface area contributed by atoms with Gasteiger partial charge < -0.3 is 0 Å². The fraction of sp³-hybridized carbons (Fsp3) is 0.919. The van der Waals surface area contributed by atoms with Crippen LogP contribution in [0.3, 0.4) is 0 Å². The van der Waals surface area contributed by atoms with Gasteiger partial charge in [-0.2, -0.15) is 0 Å². The Labute approximate surface area is 246 Å². The number of rotatable bonds is 30. The highest BCUT2D eigenvalue weighted by Gasteiger charge is 2.25. The van der Waals surface area contributed by atoms with E-state index in [2.05, 4.69) is 49.6 Å². The SMILES string of the molecule is CCCCCCCCCCCCCCCCCC(CCCCC)c1[nH]cc[n+]1C(C)CCCCCCCCC. The molecule has 0 radical (unpaired) electrons. The second kappa shape index (κ2) is 27.4.